The highest BCUT2D eigenvalue weighted by atomic mass is 16.3. The van der Waals surface area contributed by atoms with Gasteiger partial charge < -0.3 is 21.1 Å². The van der Waals surface area contributed by atoms with E-state index in [2.05, 4.69) is 30.6 Å². The number of hydrogen-bond donors (Lipinski definition) is 3. The van der Waals surface area contributed by atoms with Gasteiger partial charge in [0.2, 0.25) is 11.7 Å². The summed E-state index contributed by atoms with van der Waals surface area (Å²) in [6, 6.07) is 0.525. The molecule has 4 heterocycles. The Hall–Kier alpha value is -4.92. The van der Waals surface area contributed by atoms with Gasteiger partial charge in [-0.25, -0.2) is 9.67 Å². The quantitative estimate of drug-likeness (QED) is 0.213. The largest absolute Gasteiger partial charge is 0.384 e. The number of nitrogens with one attached hydrogen (secondary N) is 1. The number of pyridine rings is 2. The predicted octanol–water partition coefficient (Wildman–Crippen LogP) is 1.40. The van der Waals surface area contributed by atoms with Gasteiger partial charge >= 0.3 is 0 Å². The molecular formula is C32H39N9O6. The lowest BCUT2D eigenvalue weighted by molar-refractivity contribution is -0.139. The highest BCUT2D eigenvalue weighted by Crippen LogP contribution is 2.33. The van der Waals surface area contributed by atoms with Gasteiger partial charge in [-0.3, -0.25) is 33.9 Å². The van der Waals surface area contributed by atoms with Crippen LogP contribution in [0.25, 0.3) is 10.9 Å². The summed E-state index contributed by atoms with van der Waals surface area (Å²) < 4.78 is 1.47. The maximum Gasteiger partial charge on any atom is 0.287 e. The highest BCUT2D eigenvalue weighted by molar-refractivity contribution is 6.41. The Labute approximate surface area is 271 Å². The molecule has 0 bridgehead atoms. The lowest BCUT2D eigenvalue weighted by Gasteiger charge is -2.27. The van der Waals surface area contributed by atoms with Crippen molar-refractivity contribution in [1.29, 1.82) is 0 Å². The van der Waals surface area contributed by atoms with Crippen molar-refractivity contribution in [1.82, 2.24) is 35.2 Å². The van der Waals surface area contributed by atoms with E-state index in [9.17, 15) is 29.1 Å². The van der Waals surface area contributed by atoms with E-state index < -0.39 is 53.1 Å². The number of likely N-dealkylation sites (tertiary alicyclic amines) is 1. The van der Waals surface area contributed by atoms with E-state index in [1.165, 1.54) is 28.9 Å². The molecule has 3 aromatic rings. The topological polar surface area (TPSA) is 216 Å². The molecule has 1 aliphatic heterocycles. The number of rotatable bonds is 10. The first kappa shape index (κ1) is 33.4. The van der Waals surface area contributed by atoms with Crippen LogP contribution in [0.15, 0.2) is 41.9 Å². The van der Waals surface area contributed by atoms with Crippen molar-refractivity contribution in [3.63, 3.8) is 0 Å². The van der Waals surface area contributed by atoms with Crippen molar-refractivity contribution < 1.29 is 29.1 Å². The number of aliphatic hydroxyl groups is 1. The SMILES string of the molecule is CC(NC(=O)[C@@H]1C[C@H](n2nncc2C(C)(C)O)CN1C(=O)C(CC1CCCCC1)=NC(=O)c1cncc2cccnc12)C(=O)C(N)=O. The third-order valence-corrected chi connectivity index (χ3v) is 8.82. The monoisotopic (exact) mass is 645 g/mol. The number of ketones is 1. The molecule has 1 saturated heterocycles. The number of carbonyl (C=O) groups excluding carboxylic acids is 5. The van der Waals surface area contributed by atoms with Crippen LogP contribution in [0.4, 0.5) is 0 Å². The van der Waals surface area contributed by atoms with E-state index in [0.717, 1.165) is 32.1 Å². The van der Waals surface area contributed by atoms with E-state index in [0.29, 0.717) is 16.6 Å². The fraction of sp³-hybridized carbons (Fsp3) is 0.500. The maximum atomic E-state index is 14.5. The van der Waals surface area contributed by atoms with Crippen LogP contribution in [0, 0.1) is 5.92 Å². The summed E-state index contributed by atoms with van der Waals surface area (Å²) >= 11 is 0. The van der Waals surface area contributed by atoms with Crippen molar-refractivity contribution in [2.24, 2.45) is 16.6 Å². The number of hydrogen-bond acceptors (Lipinski definition) is 10. The molecule has 2 fully saturated rings. The van der Waals surface area contributed by atoms with Crippen molar-refractivity contribution in [3.8, 4) is 0 Å². The first-order chi connectivity index (χ1) is 22.3. The predicted molar refractivity (Wildman–Crippen MR) is 169 cm³/mol. The van der Waals surface area contributed by atoms with Crippen LogP contribution in [0.5, 0.6) is 0 Å². The van der Waals surface area contributed by atoms with Crippen LogP contribution in [0.3, 0.4) is 0 Å². The molecular weight excluding hydrogens is 606 g/mol. The molecule has 3 atom stereocenters. The zero-order valence-electron chi connectivity index (χ0n) is 26.6. The molecule has 15 nitrogen and oxygen atoms in total. The second-order valence-electron chi connectivity index (χ2n) is 12.8. The Morgan fingerprint density at radius 3 is 2.57 bits per heavy atom. The van der Waals surface area contributed by atoms with Crippen LogP contribution < -0.4 is 11.1 Å². The molecule has 1 aliphatic carbocycles. The molecule has 1 saturated carbocycles. The zero-order chi connectivity index (χ0) is 33.9. The van der Waals surface area contributed by atoms with Gasteiger partial charge in [-0.15, -0.1) is 5.10 Å². The number of nitrogens with two attached hydrogens (primary N) is 1. The summed E-state index contributed by atoms with van der Waals surface area (Å²) in [5.74, 6) is -4.08. The van der Waals surface area contributed by atoms with Gasteiger partial charge in [0, 0.05) is 36.9 Å². The van der Waals surface area contributed by atoms with Crippen LogP contribution in [0.2, 0.25) is 0 Å². The number of aliphatic imine (C=N–C) groups is 1. The van der Waals surface area contributed by atoms with Crippen LogP contribution in [0.1, 0.15) is 87.8 Å². The molecule has 47 heavy (non-hydrogen) atoms. The third kappa shape index (κ3) is 7.40. The molecule has 248 valence electrons. The van der Waals surface area contributed by atoms with Gasteiger partial charge in [0.15, 0.2) is 0 Å². The Morgan fingerprint density at radius 2 is 1.87 bits per heavy atom. The van der Waals surface area contributed by atoms with E-state index in [4.69, 9.17) is 5.73 Å². The van der Waals surface area contributed by atoms with Gasteiger partial charge in [-0.2, -0.15) is 0 Å². The lowest BCUT2D eigenvalue weighted by atomic mass is 9.85. The van der Waals surface area contributed by atoms with Gasteiger partial charge in [0.1, 0.15) is 17.4 Å². The Kier molecular flexibility index (Phi) is 9.84. The minimum absolute atomic E-state index is 0.00385. The summed E-state index contributed by atoms with van der Waals surface area (Å²) in [7, 11) is 0. The number of primary amides is 1. The third-order valence-electron chi connectivity index (χ3n) is 8.82. The lowest BCUT2D eigenvalue weighted by Crippen LogP contribution is -2.52. The van der Waals surface area contributed by atoms with Crippen LogP contribution in [-0.4, -0.2) is 88.7 Å². The van der Waals surface area contributed by atoms with E-state index in [1.54, 1.807) is 38.4 Å². The van der Waals surface area contributed by atoms with Crippen LogP contribution >= 0.6 is 0 Å². The van der Waals surface area contributed by atoms with E-state index in [1.807, 2.05) is 0 Å². The average Bonchev–Trinajstić information content (AvgIpc) is 3.72. The molecule has 5 rings (SSSR count). The second kappa shape index (κ2) is 13.8. The fourth-order valence-corrected chi connectivity index (χ4v) is 6.35. The molecule has 0 aromatic carbocycles. The molecule has 0 spiro atoms. The summed E-state index contributed by atoms with van der Waals surface area (Å²) in [6.07, 6.45) is 11.0. The number of nitrogens with zero attached hydrogens (tertiary/aromatic N) is 7. The summed E-state index contributed by atoms with van der Waals surface area (Å²) in [5, 5.41) is 22.0. The molecule has 1 unspecified atom stereocenters. The van der Waals surface area contributed by atoms with Crippen molar-refractivity contribution in [3.05, 3.63) is 48.2 Å². The van der Waals surface area contributed by atoms with Crippen LogP contribution in [-0.2, 0) is 24.8 Å². The van der Waals surface area contributed by atoms with Gasteiger partial charge in [-0.05, 0) is 45.2 Å². The summed E-state index contributed by atoms with van der Waals surface area (Å²) in [4.78, 5) is 79.7. The minimum Gasteiger partial charge on any atom is -0.384 e. The molecule has 2 aliphatic rings. The zero-order valence-corrected chi connectivity index (χ0v) is 26.6. The van der Waals surface area contributed by atoms with E-state index in [-0.39, 0.29) is 36.6 Å². The molecule has 4 N–H and O–H groups in total. The number of Topliss-reactive ketones (excluding diaryl/α,β-unsaturated/α-hetero) is 1. The van der Waals surface area contributed by atoms with E-state index >= 15 is 0 Å². The average molecular weight is 646 g/mol. The first-order valence-corrected chi connectivity index (χ1v) is 15.7. The highest BCUT2D eigenvalue weighted by Gasteiger charge is 2.44. The number of amides is 4. The Morgan fingerprint density at radius 1 is 1.13 bits per heavy atom. The minimum atomic E-state index is -1.33. The van der Waals surface area contributed by atoms with Crippen molar-refractivity contribution in [2.75, 3.05) is 6.54 Å². The summed E-state index contributed by atoms with van der Waals surface area (Å²) in [6.45, 7) is 4.43. The molecule has 0 radical (unpaired) electrons. The summed E-state index contributed by atoms with van der Waals surface area (Å²) in [5.41, 5.74) is 4.72. The molecule has 15 heteroatoms. The standard InChI is InChI=1S/C32H39N9O6/c1-18(27(42)28(33)43)37-30(45)24-13-21(41-25(16-36-39-41)32(2,3)47)17-40(24)31(46)23(12-19-8-5-4-6-9-19)38-29(44)22-15-34-14-20-10-7-11-35-26(20)22/h7,10-11,14-16,18-19,21,24,47H,4-6,8-9,12-13,17H2,1-3H3,(H2,33,43)(H,37,45)/t18?,21-,24-/m0/s1. The van der Waals surface area contributed by atoms with Crippen molar-refractivity contribution in [2.45, 2.75) is 89.4 Å². The number of aromatic nitrogens is 5. The van der Waals surface area contributed by atoms with Gasteiger partial charge in [0.25, 0.3) is 17.7 Å². The fourth-order valence-electron chi connectivity index (χ4n) is 6.35. The first-order valence-electron chi connectivity index (χ1n) is 15.7. The smallest absolute Gasteiger partial charge is 0.287 e. The number of fused-ring (bicyclic) bond motifs is 1. The second-order valence-corrected chi connectivity index (χ2v) is 12.8. The normalized spacial score (nSPS) is 19.8. The molecule has 3 aromatic heterocycles. The Bertz CT molecular complexity index is 1720. The Balaban J connectivity index is 1.52. The molecule has 4 amide bonds. The van der Waals surface area contributed by atoms with Gasteiger partial charge in [-0.1, -0.05) is 37.3 Å². The number of carbonyl (C=O) groups is 5. The van der Waals surface area contributed by atoms with Gasteiger partial charge in [0.05, 0.1) is 35.1 Å². The maximum absolute atomic E-state index is 14.5. The van der Waals surface area contributed by atoms with Crippen molar-refractivity contribution >= 4 is 46.0 Å².